The summed E-state index contributed by atoms with van der Waals surface area (Å²) >= 11 is 3.16. The third kappa shape index (κ3) is 2.05. The molecule has 2 saturated carbocycles. The lowest BCUT2D eigenvalue weighted by Gasteiger charge is -2.31. The van der Waals surface area contributed by atoms with E-state index in [2.05, 4.69) is 15.9 Å². The first-order chi connectivity index (χ1) is 10.5. The van der Waals surface area contributed by atoms with Crippen molar-refractivity contribution < 1.29 is 18.7 Å². The highest BCUT2D eigenvalue weighted by molar-refractivity contribution is 9.10. The van der Waals surface area contributed by atoms with Crippen LogP contribution in [0.4, 0.5) is 8.78 Å². The van der Waals surface area contributed by atoms with E-state index in [1.54, 1.807) is 6.07 Å². The standard InChI is InChI=1S/C18H19BrF2O2/c1-16(2)12-7-8-17(16,3)14(22)13(12)15(23)18(20,21)10-5-4-6-11(19)9-10/h4-6,9,12,23H,7-8H2,1-3H3/b15-13-/t12-,17-/m0/s1. The Morgan fingerprint density at radius 2 is 2.00 bits per heavy atom. The van der Waals surface area contributed by atoms with Gasteiger partial charge in [-0.1, -0.05) is 48.8 Å². The van der Waals surface area contributed by atoms with Gasteiger partial charge in [0.25, 0.3) is 0 Å². The molecule has 0 unspecified atom stereocenters. The van der Waals surface area contributed by atoms with Crippen LogP contribution in [0.5, 0.6) is 0 Å². The molecule has 0 heterocycles. The van der Waals surface area contributed by atoms with E-state index >= 15 is 0 Å². The van der Waals surface area contributed by atoms with Crippen molar-refractivity contribution in [1.29, 1.82) is 0 Å². The largest absolute Gasteiger partial charge is 0.506 e. The highest BCUT2D eigenvalue weighted by Crippen LogP contribution is 2.66. The van der Waals surface area contributed by atoms with Gasteiger partial charge in [0.1, 0.15) is 0 Å². The lowest BCUT2D eigenvalue weighted by molar-refractivity contribution is -0.126. The molecule has 2 nitrogen and oxygen atoms in total. The van der Waals surface area contributed by atoms with Crippen molar-refractivity contribution in [3.05, 3.63) is 45.6 Å². The molecule has 0 spiro atoms. The quantitative estimate of drug-likeness (QED) is 0.548. The minimum Gasteiger partial charge on any atom is -0.506 e. The second-order valence-electron chi connectivity index (χ2n) is 7.32. The first-order valence-corrected chi connectivity index (χ1v) is 8.45. The van der Waals surface area contributed by atoms with Crippen molar-refractivity contribution in [3.63, 3.8) is 0 Å². The number of benzene rings is 1. The Kier molecular flexibility index (Phi) is 3.53. The van der Waals surface area contributed by atoms with Crippen molar-refractivity contribution in [1.82, 2.24) is 0 Å². The van der Waals surface area contributed by atoms with Crippen LogP contribution in [0.2, 0.25) is 0 Å². The van der Waals surface area contributed by atoms with Gasteiger partial charge in [0.05, 0.1) is 0 Å². The second-order valence-corrected chi connectivity index (χ2v) is 8.24. The number of Topliss-reactive ketones (excluding diaryl/α,β-unsaturated/α-hetero) is 1. The van der Waals surface area contributed by atoms with E-state index in [9.17, 15) is 18.7 Å². The number of allylic oxidation sites excluding steroid dienone is 2. The molecule has 1 N–H and O–H groups in total. The van der Waals surface area contributed by atoms with E-state index in [0.717, 1.165) is 0 Å². The summed E-state index contributed by atoms with van der Waals surface area (Å²) in [4.78, 5) is 12.7. The maximum Gasteiger partial charge on any atom is 0.329 e. The minimum atomic E-state index is -3.58. The Balaban J connectivity index is 2.14. The van der Waals surface area contributed by atoms with E-state index in [0.29, 0.717) is 17.3 Å². The van der Waals surface area contributed by atoms with Crippen LogP contribution in [0.15, 0.2) is 40.1 Å². The molecule has 2 aliphatic rings. The zero-order valence-corrected chi connectivity index (χ0v) is 14.9. The molecule has 2 atom stereocenters. The highest BCUT2D eigenvalue weighted by Gasteiger charge is 2.66. The van der Waals surface area contributed by atoms with Crippen LogP contribution < -0.4 is 0 Å². The van der Waals surface area contributed by atoms with E-state index in [1.807, 2.05) is 20.8 Å². The van der Waals surface area contributed by atoms with Gasteiger partial charge in [-0.25, -0.2) is 0 Å². The lowest BCUT2D eigenvalue weighted by Crippen LogP contribution is -2.32. The van der Waals surface area contributed by atoms with Crippen molar-refractivity contribution in [2.24, 2.45) is 16.7 Å². The van der Waals surface area contributed by atoms with Gasteiger partial charge in [-0.05, 0) is 36.3 Å². The first kappa shape index (κ1) is 16.6. The molecule has 124 valence electrons. The number of carbonyl (C=O) groups excluding carboxylic acids is 1. The molecule has 0 amide bonds. The monoisotopic (exact) mass is 384 g/mol. The van der Waals surface area contributed by atoms with Gasteiger partial charge in [0.15, 0.2) is 11.5 Å². The second kappa shape index (κ2) is 4.88. The summed E-state index contributed by atoms with van der Waals surface area (Å²) < 4.78 is 30.0. The summed E-state index contributed by atoms with van der Waals surface area (Å²) in [5, 5.41) is 10.4. The molecule has 2 aliphatic carbocycles. The zero-order valence-electron chi connectivity index (χ0n) is 13.3. The van der Waals surface area contributed by atoms with E-state index in [4.69, 9.17) is 0 Å². The molecule has 2 fully saturated rings. The summed E-state index contributed by atoms with van der Waals surface area (Å²) in [6.07, 6.45) is 1.34. The van der Waals surface area contributed by atoms with Crippen molar-refractivity contribution in [2.45, 2.75) is 39.5 Å². The number of alkyl halides is 2. The summed E-state index contributed by atoms with van der Waals surface area (Å²) in [5.74, 6) is -5.31. The zero-order chi connectivity index (χ0) is 17.2. The van der Waals surface area contributed by atoms with Gasteiger partial charge in [0, 0.05) is 21.0 Å². The Labute approximate surface area is 142 Å². The number of aliphatic hydroxyl groups excluding tert-OH is 1. The summed E-state index contributed by atoms with van der Waals surface area (Å²) in [7, 11) is 0. The van der Waals surface area contributed by atoms with Crippen LogP contribution in [-0.4, -0.2) is 10.9 Å². The fourth-order valence-corrected chi connectivity index (χ4v) is 4.53. The van der Waals surface area contributed by atoms with Gasteiger partial charge in [-0.15, -0.1) is 0 Å². The fraction of sp³-hybridized carbons (Fsp3) is 0.500. The highest BCUT2D eigenvalue weighted by atomic mass is 79.9. The smallest absolute Gasteiger partial charge is 0.329 e. The summed E-state index contributed by atoms with van der Waals surface area (Å²) in [6, 6.07) is 5.64. The Morgan fingerprint density at radius 1 is 1.35 bits per heavy atom. The number of carbonyl (C=O) groups is 1. The van der Waals surface area contributed by atoms with E-state index in [-0.39, 0.29) is 22.8 Å². The number of hydrogen-bond donors (Lipinski definition) is 1. The molecule has 23 heavy (non-hydrogen) atoms. The van der Waals surface area contributed by atoms with E-state index < -0.39 is 22.5 Å². The molecular formula is C18H19BrF2O2. The number of fused-ring (bicyclic) bond motifs is 2. The fourth-order valence-electron chi connectivity index (χ4n) is 4.13. The number of ketones is 1. The normalized spacial score (nSPS) is 31.6. The third-order valence-corrected chi connectivity index (χ3v) is 6.55. The van der Waals surface area contributed by atoms with E-state index in [1.165, 1.54) is 18.2 Å². The van der Waals surface area contributed by atoms with Crippen LogP contribution in [-0.2, 0) is 10.7 Å². The molecule has 1 aromatic carbocycles. The Morgan fingerprint density at radius 3 is 2.52 bits per heavy atom. The number of hydrogen-bond acceptors (Lipinski definition) is 2. The molecule has 0 radical (unpaired) electrons. The topological polar surface area (TPSA) is 37.3 Å². The summed E-state index contributed by atoms with van der Waals surface area (Å²) in [5.41, 5.74) is -1.49. The van der Waals surface area contributed by atoms with Gasteiger partial charge >= 0.3 is 5.92 Å². The predicted octanol–water partition coefficient (Wildman–Crippen LogP) is 5.38. The summed E-state index contributed by atoms with van der Waals surface area (Å²) in [6.45, 7) is 5.69. The van der Waals surface area contributed by atoms with Crippen LogP contribution >= 0.6 is 15.9 Å². The van der Waals surface area contributed by atoms with Gasteiger partial charge in [-0.3, -0.25) is 4.79 Å². The average Bonchev–Trinajstić information content (AvgIpc) is 2.78. The molecular weight excluding hydrogens is 366 g/mol. The molecule has 0 aromatic heterocycles. The molecule has 5 heteroatoms. The lowest BCUT2D eigenvalue weighted by atomic mass is 9.70. The maximum atomic E-state index is 14.8. The Bertz CT molecular complexity index is 723. The Hall–Kier alpha value is -1.23. The average molecular weight is 385 g/mol. The maximum absolute atomic E-state index is 14.8. The van der Waals surface area contributed by atoms with Crippen molar-refractivity contribution >= 4 is 21.7 Å². The molecule has 3 rings (SSSR count). The first-order valence-electron chi connectivity index (χ1n) is 7.66. The molecule has 2 bridgehead atoms. The molecule has 0 saturated heterocycles. The van der Waals surface area contributed by atoms with Crippen LogP contribution in [0.1, 0.15) is 39.2 Å². The number of rotatable bonds is 2. The minimum absolute atomic E-state index is 0.0753. The van der Waals surface area contributed by atoms with Crippen molar-refractivity contribution in [3.8, 4) is 0 Å². The number of halogens is 3. The molecule has 1 aromatic rings. The van der Waals surface area contributed by atoms with Gasteiger partial charge in [-0.2, -0.15) is 8.78 Å². The molecule has 0 aliphatic heterocycles. The SMILES string of the molecule is CC1(C)[C@H]2CC[C@@]1(C)C(=O)/C2=C(\O)C(F)(F)c1cccc(Br)c1. The number of aliphatic hydroxyl groups is 1. The van der Waals surface area contributed by atoms with Crippen LogP contribution in [0, 0.1) is 16.7 Å². The van der Waals surface area contributed by atoms with Crippen molar-refractivity contribution in [2.75, 3.05) is 0 Å². The van der Waals surface area contributed by atoms with Crippen LogP contribution in [0.3, 0.4) is 0 Å². The van der Waals surface area contributed by atoms with Crippen LogP contribution in [0.25, 0.3) is 0 Å². The van der Waals surface area contributed by atoms with Gasteiger partial charge in [0.2, 0.25) is 0 Å². The van der Waals surface area contributed by atoms with Gasteiger partial charge < -0.3 is 5.11 Å². The third-order valence-electron chi connectivity index (χ3n) is 6.06. The predicted molar refractivity (Wildman–Crippen MR) is 87.3 cm³/mol.